The molecule has 0 N–H and O–H groups in total. The summed E-state index contributed by atoms with van der Waals surface area (Å²) in [6.07, 6.45) is -2.02. The van der Waals surface area contributed by atoms with Gasteiger partial charge in [-0.1, -0.05) is 32.4 Å². The van der Waals surface area contributed by atoms with Crippen LogP contribution in [0.4, 0.5) is 13.2 Å². The van der Waals surface area contributed by atoms with Crippen molar-refractivity contribution in [3.63, 3.8) is 0 Å². The van der Waals surface area contributed by atoms with Gasteiger partial charge >= 0.3 is 6.18 Å². The summed E-state index contributed by atoms with van der Waals surface area (Å²) in [6, 6.07) is 3.84. The molecule has 4 rings (SSSR count). The Balaban J connectivity index is 0.00000109. The maximum Gasteiger partial charge on any atom is 0.417 e. The minimum absolute atomic E-state index is 0.241. The summed E-state index contributed by atoms with van der Waals surface area (Å²) < 4.78 is 41.3. The summed E-state index contributed by atoms with van der Waals surface area (Å²) in [6.45, 7) is 5.96. The van der Waals surface area contributed by atoms with Crippen LogP contribution < -0.4 is 0 Å². The number of fused-ring (bicyclic) bond motifs is 2. The smallest absolute Gasteiger partial charge is 0.236 e. The summed E-state index contributed by atoms with van der Waals surface area (Å²) in [4.78, 5) is 8.62. The molecule has 0 atom stereocenters. The Labute approximate surface area is 167 Å². The zero-order chi connectivity index (χ0) is 20.5. The van der Waals surface area contributed by atoms with Crippen molar-refractivity contribution in [1.29, 1.82) is 0 Å². The quantitative estimate of drug-likeness (QED) is 0.329. The number of thioether (sulfide) groups is 1. The van der Waals surface area contributed by atoms with Crippen molar-refractivity contribution in [3.05, 3.63) is 41.3 Å². The van der Waals surface area contributed by atoms with Gasteiger partial charge in [0.15, 0.2) is 17.1 Å². The second-order valence-electron chi connectivity index (χ2n) is 5.27. The van der Waals surface area contributed by atoms with Crippen LogP contribution in [0.2, 0.25) is 5.15 Å². The van der Waals surface area contributed by atoms with E-state index in [0.29, 0.717) is 27.0 Å². The van der Waals surface area contributed by atoms with Crippen molar-refractivity contribution in [2.75, 3.05) is 5.75 Å². The van der Waals surface area contributed by atoms with Crippen molar-refractivity contribution >= 4 is 34.7 Å². The van der Waals surface area contributed by atoms with E-state index in [2.05, 4.69) is 20.2 Å². The number of alkyl halides is 3. The maximum atomic E-state index is 12.9. The molecule has 0 saturated heterocycles. The van der Waals surface area contributed by atoms with Crippen LogP contribution in [0.15, 0.2) is 35.6 Å². The van der Waals surface area contributed by atoms with Gasteiger partial charge in [-0.05, 0) is 24.0 Å². The lowest BCUT2D eigenvalue weighted by Gasteiger charge is -2.05. The molecule has 4 aromatic rings. The van der Waals surface area contributed by atoms with Crippen molar-refractivity contribution in [2.45, 2.75) is 32.0 Å². The molecule has 6 nitrogen and oxygen atoms in total. The molecule has 4 aromatic heterocycles. The van der Waals surface area contributed by atoms with E-state index in [1.807, 2.05) is 20.8 Å². The number of nitrogens with zero attached hydrogens (tertiary/aromatic N) is 6. The topological polar surface area (TPSA) is 60.4 Å². The van der Waals surface area contributed by atoms with E-state index in [1.165, 1.54) is 28.5 Å². The molecule has 0 aliphatic rings. The molecule has 4 heterocycles. The predicted molar refractivity (Wildman–Crippen MR) is 103 cm³/mol. The molecule has 148 valence electrons. The van der Waals surface area contributed by atoms with Gasteiger partial charge in [0.25, 0.3) is 0 Å². The molecule has 11 heteroatoms. The lowest BCUT2D eigenvalue weighted by molar-refractivity contribution is -0.137. The molecule has 0 unspecified atom stereocenters. The van der Waals surface area contributed by atoms with Gasteiger partial charge < -0.3 is 0 Å². The Morgan fingerprint density at radius 3 is 2.57 bits per heavy atom. The van der Waals surface area contributed by atoms with E-state index < -0.39 is 11.7 Å². The number of hydrogen-bond donors (Lipinski definition) is 0. The number of pyridine rings is 1. The maximum absolute atomic E-state index is 12.9. The van der Waals surface area contributed by atoms with Crippen LogP contribution in [-0.4, -0.2) is 34.9 Å². The minimum Gasteiger partial charge on any atom is -0.236 e. The van der Waals surface area contributed by atoms with Crippen molar-refractivity contribution in [1.82, 2.24) is 29.2 Å². The van der Waals surface area contributed by atoms with Gasteiger partial charge in [0, 0.05) is 12.4 Å². The molecule has 0 aromatic carbocycles. The van der Waals surface area contributed by atoms with Crippen molar-refractivity contribution < 1.29 is 13.2 Å². The van der Waals surface area contributed by atoms with E-state index >= 15 is 0 Å². The zero-order valence-corrected chi connectivity index (χ0v) is 16.8. The fourth-order valence-electron chi connectivity index (χ4n) is 2.49. The average molecular weight is 429 g/mol. The summed E-state index contributed by atoms with van der Waals surface area (Å²) in [7, 11) is 0. The Bertz CT molecular complexity index is 1120. The lowest BCUT2D eigenvalue weighted by atomic mass is 10.3. The monoisotopic (exact) mass is 428 g/mol. The lowest BCUT2D eigenvalue weighted by Crippen LogP contribution is -2.06. The van der Waals surface area contributed by atoms with Gasteiger partial charge in [0.2, 0.25) is 0 Å². The molecule has 0 aliphatic heterocycles. The second kappa shape index (κ2) is 7.96. The highest BCUT2D eigenvalue weighted by Gasteiger charge is 2.31. The van der Waals surface area contributed by atoms with Crippen molar-refractivity contribution in [2.24, 2.45) is 0 Å². The normalized spacial score (nSPS) is 11.7. The molecule has 0 aliphatic carbocycles. The van der Waals surface area contributed by atoms with Gasteiger partial charge in [0.05, 0.1) is 11.1 Å². The fraction of sp³-hybridized carbons (Fsp3) is 0.294. The highest BCUT2D eigenvalue weighted by atomic mass is 35.5. The van der Waals surface area contributed by atoms with Crippen LogP contribution in [0.1, 0.15) is 26.3 Å². The van der Waals surface area contributed by atoms with Crippen LogP contribution in [-0.2, 0) is 6.18 Å². The van der Waals surface area contributed by atoms with E-state index in [1.54, 1.807) is 6.07 Å². The van der Waals surface area contributed by atoms with Crippen LogP contribution in [0, 0.1) is 0 Å². The SMILES string of the molecule is CC.CCSc1nn2c(Cl)ccnc2c1-c1nc2ccc(C(F)(F)F)cn2n1. The third-order valence-electron chi connectivity index (χ3n) is 3.60. The molecule has 0 bridgehead atoms. The Morgan fingerprint density at radius 2 is 1.89 bits per heavy atom. The highest BCUT2D eigenvalue weighted by Crippen LogP contribution is 2.34. The molecule has 0 radical (unpaired) electrons. The Morgan fingerprint density at radius 1 is 1.14 bits per heavy atom. The van der Waals surface area contributed by atoms with Gasteiger partial charge in [-0.25, -0.2) is 19.0 Å². The van der Waals surface area contributed by atoms with Crippen LogP contribution >= 0.6 is 23.4 Å². The first kappa shape index (κ1) is 20.4. The molecule has 0 fully saturated rings. The minimum atomic E-state index is -4.46. The zero-order valence-electron chi connectivity index (χ0n) is 15.2. The van der Waals surface area contributed by atoms with E-state index in [-0.39, 0.29) is 5.82 Å². The number of halogens is 4. The van der Waals surface area contributed by atoms with E-state index in [9.17, 15) is 13.2 Å². The fourth-order valence-corrected chi connectivity index (χ4v) is 3.40. The third-order valence-corrected chi connectivity index (χ3v) is 4.74. The largest absolute Gasteiger partial charge is 0.417 e. The summed E-state index contributed by atoms with van der Waals surface area (Å²) in [5, 5.41) is 9.60. The number of aromatic nitrogens is 6. The predicted octanol–water partition coefficient (Wildman–Crippen LogP) is 5.25. The average Bonchev–Trinajstić information content (AvgIpc) is 3.23. The third kappa shape index (κ3) is 3.66. The first-order valence-electron chi connectivity index (χ1n) is 8.48. The first-order valence-corrected chi connectivity index (χ1v) is 9.85. The van der Waals surface area contributed by atoms with E-state index in [0.717, 1.165) is 22.5 Å². The van der Waals surface area contributed by atoms with Crippen LogP contribution in [0.25, 0.3) is 22.7 Å². The Hall–Kier alpha value is -2.33. The summed E-state index contributed by atoms with van der Waals surface area (Å²) >= 11 is 7.61. The molecular weight excluding hydrogens is 413 g/mol. The summed E-state index contributed by atoms with van der Waals surface area (Å²) in [5.74, 6) is 0.977. The van der Waals surface area contributed by atoms with Gasteiger partial charge in [-0.2, -0.15) is 18.3 Å². The molecular formula is C17H16ClF3N6S. The van der Waals surface area contributed by atoms with Gasteiger partial charge in [0.1, 0.15) is 10.2 Å². The first-order chi connectivity index (χ1) is 13.4. The number of rotatable bonds is 3. The number of hydrogen-bond acceptors (Lipinski definition) is 5. The molecule has 0 amide bonds. The van der Waals surface area contributed by atoms with Crippen molar-refractivity contribution in [3.8, 4) is 11.4 Å². The molecule has 0 saturated carbocycles. The highest BCUT2D eigenvalue weighted by molar-refractivity contribution is 7.99. The second-order valence-corrected chi connectivity index (χ2v) is 6.91. The summed E-state index contributed by atoms with van der Waals surface area (Å²) in [5.41, 5.74) is 0.476. The van der Waals surface area contributed by atoms with Crippen LogP contribution in [0.3, 0.4) is 0 Å². The molecule has 0 spiro atoms. The van der Waals surface area contributed by atoms with Crippen LogP contribution in [0.5, 0.6) is 0 Å². The van der Waals surface area contributed by atoms with E-state index in [4.69, 9.17) is 11.6 Å². The van der Waals surface area contributed by atoms with Gasteiger partial charge in [-0.15, -0.1) is 16.9 Å². The standard InChI is InChI=1S/C15H10ClF3N6S.C2H6/c1-2-26-14-11(13-20-6-5-9(16)25(13)23-14)12-21-10-4-3-8(15(17,18)19)7-24(10)22-12;1-2/h3-7H,2H2,1H3;1-2H3. The molecule has 28 heavy (non-hydrogen) atoms. The Kier molecular flexibility index (Phi) is 5.80. The van der Waals surface area contributed by atoms with Gasteiger partial charge in [-0.3, -0.25) is 0 Å².